The third-order valence-electron chi connectivity index (χ3n) is 11.4. The highest BCUT2D eigenvalue weighted by molar-refractivity contribution is 5.97. The lowest BCUT2D eigenvalue weighted by Crippen LogP contribution is -2.57. The van der Waals surface area contributed by atoms with Crippen LogP contribution in [-0.2, 0) is 54.5 Å². The van der Waals surface area contributed by atoms with Crippen LogP contribution in [0.3, 0.4) is 0 Å². The van der Waals surface area contributed by atoms with Gasteiger partial charge in [-0.2, -0.15) is 0 Å². The lowest BCUT2D eigenvalue weighted by Gasteiger charge is -2.26. The van der Waals surface area contributed by atoms with Crippen molar-refractivity contribution in [2.24, 2.45) is 5.92 Å². The van der Waals surface area contributed by atoms with Crippen LogP contribution in [0.15, 0.2) is 134 Å². The minimum Gasteiger partial charge on any atom is -0.484 e. The summed E-state index contributed by atoms with van der Waals surface area (Å²) >= 11 is 0. The molecule has 4 atom stereocenters. The van der Waals surface area contributed by atoms with E-state index in [4.69, 9.17) is 9.84 Å². The normalized spacial score (nSPS) is 18.6. The Kier molecular flexibility index (Phi) is 15.1. The van der Waals surface area contributed by atoms with Crippen molar-refractivity contribution in [3.05, 3.63) is 162 Å². The second kappa shape index (κ2) is 21.7. The van der Waals surface area contributed by atoms with Crippen molar-refractivity contribution >= 4 is 46.3 Å². The van der Waals surface area contributed by atoms with Crippen molar-refractivity contribution < 1.29 is 43.0 Å². The molecule has 8 rings (SSSR count). The lowest BCUT2D eigenvalue weighted by molar-refractivity contribution is -0.137. The predicted molar refractivity (Wildman–Crippen MR) is 242 cm³/mol. The summed E-state index contributed by atoms with van der Waals surface area (Å²) in [6, 6.07) is 33.4. The second-order valence-electron chi connectivity index (χ2n) is 16.2. The molecule has 13 nitrogen and oxygen atoms in total. The first-order valence-electron chi connectivity index (χ1n) is 21.6. The van der Waals surface area contributed by atoms with E-state index < -0.39 is 71.8 Å². The van der Waals surface area contributed by atoms with E-state index in [9.17, 15) is 28.8 Å². The molecule has 0 unspecified atom stereocenters. The topological polar surface area (TPSA) is 196 Å². The van der Waals surface area contributed by atoms with Gasteiger partial charge in [0.2, 0.25) is 17.7 Å². The fraction of sp³-hybridized carbons (Fsp3) is 0.255. The molecule has 334 valence electrons. The van der Waals surface area contributed by atoms with Crippen molar-refractivity contribution in [3.63, 3.8) is 0 Å². The highest BCUT2D eigenvalue weighted by Gasteiger charge is 2.33. The zero-order chi connectivity index (χ0) is 45.7. The number of rotatable bonds is 12. The van der Waals surface area contributed by atoms with Gasteiger partial charge in [-0.05, 0) is 70.5 Å². The number of carbonyl (C=O) groups excluding carboxylic acids is 5. The van der Waals surface area contributed by atoms with Gasteiger partial charge in [0.15, 0.2) is 12.4 Å². The monoisotopic (exact) mass is 879 g/mol. The third kappa shape index (κ3) is 12.5. The number of aliphatic carboxylic acids is 1. The number of carbonyl (C=O) groups is 6. The molecule has 0 saturated carbocycles. The van der Waals surface area contributed by atoms with Crippen LogP contribution in [0, 0.1) is 11.7 Å². The van der Waals surface area contributed by atoms with Gasteiger partial charge in [-0.1, -0.05) is 103 Å². The summed E-state index contributed by atoms with van der Waals surface area (Å²) < 4.78 is 21.1. The molecular formula is C51H50FN5O8. The first kappa shape index (κ1) is 45.4. The largest absolute Gasteiger partial charge is 0.484 e. The minimum absolute atomic E-state index is 0.0283. The molecule has 0 saturated heterocycles. The fourth-order valence-electron chi connectivity index (χ4n) is 7.94. The van der Waals surface area contributed by atoms with E-state index >= 15 is 4.39 Å². The van der Waals surface area contributed by atoms with Gasteiger partial charge in [0, 0.05) is 61.7 Å². The SMILES string of the molecule is O=C(O)CCCNC(=O)[C@@H]1CC(=O)[C@H](Cc2ccccc2F)NC(=O)[C@@H](Cc2ccc(-c3ccccc3)cc2)NC(=O)[C@H](Cc2c[nH]c3ccccc23)NC(=O)COc2ccc(cc2)C1. The summed E-state index contributed by atoms with van der Waals surface area (Å²) in [6.07, 6.45) is 1.22. The van der Waals surface area contributed by atoms with E-state index in [0.717, 1.165) is 27.6 Å². The molecule has 0 fully saturated rings. The molecule has 6 N–H and O–H groups in total. The molecule has 65 heavy (non-hydrogen) atoms. The van der Waals surface area contributed by atoms with Gasteiger partial charge < -0.3 is 36.1 Å². The van der Waals surface area contributed by atoms with Crippen LogP contribution in [0.25, 0.3) is 22.0 Å². The van der Waals surface area contributed by atoms with Crippen LogP contribution >= 0.6 is 0 Å². The quantitative estimate of drug-likeness (QED) is 0.0671. The first-order valence-corrected chi connectivity index (χ1v) is 21.6. The average Bonchev–Trinajstić information content (AvgIpc) is 3.72. The van der Waals surface area contributed by atoms with Crippen LogP contribution in [0.2, 0.25) is 0 Å². The van der Waals surface area contributed by atoms with Crippen LogP contribution in [0.4, 0.5) is 4.39 Å². The van der Waals surface area contributed by atoms with Gasteiger partial charge >= 0.3 is 5.97 Å². The van der Waals surface area contributed by atoms with Gasteiger partial charge in [-0.15, -0.1) is 0 Å². The molecule has 1 aromatic heterocycles. The van der Waals surface area contributed by atoms with Crippen molar-refractivity contribution in [2.75, 3.05) is 13.2 Å². The fourth-order valence-corrected chi connectivity index (χ4v) is 7.94. The minimum atomic E-state index is -1.35. The summed E-state index contributed by atoms with van der Waals surface area (Å²) in [5, 5.41) is 21.2. The van der Waals surface area contributed by atoms with Crippen LogP contribution in [-0.4, -0.2) is 76.7 Å². The summed E-state index contributed by atoms with van der Waals surface area (Å²) in [5.41, 5.74) is 4.96. The number of hydrogen-bond acceptors (Lipinski definition) is 7. The van der Waals surface area contributed by atoms with Crippen LogP contribution in [0.5, 0.6) is 5.75 Å². The van der Waals surface area contributed by atoms with E-state index in [0.29, 0.717) is 16.9 Å². The molecule has 0 aliphatic carbocycles. The molecule has 6 aromatic rings. The molecular weight excluding hydrogens is 830 g/mol. The molecule has 4 amide bonds. The smallest absolute Gasteiger partial charge is 0.303 e. The predicted octanol–water partition coefficient (Wildman–Crippen LogP) is 5.65. The third-order valence-corrected chi connectivity index (χ3v) is 11.4. The second-order valence-corrected chi connectivity index (χ2v) is 16.2. The number of ether oxygens (including phenoxy) is 1. The average molecular weight is 880 g/mol. The van der Waals surface area contributed by atoms with Gasteiger partial charge in [-0.25, -0.2) is 4.39 Å². The summed E-state index contributed by atoms with van der Waals surface area (Å²) in [6.45, 7) is -0.392. The molecule has 0 radical (unpaired) electrons. The zero-order valence-electron chi connectivity index (χ0n) is 35.6. The number of H-pyrrole nitrogens is 1. The number of aromatic amines is 1. The number of para-hydroxylation sites is 1. The van der Waals surface area contributed by atoms with Crippen LogP contribution in [0.1, 0.15) is 41.5 Å². The maximum Gasteiger partial charge on any atom is 0.303 e. The molecule has 0 spiro atoms. The number of carboxylic acids is 1. The number of ketones is 1. The Morgan fingerprint density at radius 2 is 1.32 bits per heavy atom. The Morgan fingerprint density at radius 3 is 2.06 bits per heavy atom. The van der Waals surface area contributed by atoms with Gasteiger partial charge in [0.05, 0.1) is 6.04 Å². The number of benzene rings is 5. The van der Waals surface area contributed by atoms with Crippen molar-refractivity contribution in [1.29, 1.82) is 0 Å². The number of carboxylic acid groups (broad SMARTS) is 1. The summed E-state index contributed by atoms with van der Waals surface area (Å²) in [5.74, 6) is -5.35. The van der Waals surface area contributed by atoms with E-state index in [1.54, 1.807) is 36.5 Å². The molecule has 2 bridgehead atoms. The van der Waals surface area contributed by atoms with E-state index in [2.05, 4.69) is 26.3 Å². The number of amides is 4. The number of hydrogen-bond donors (Lipinski definition) is 6. The number of aromatic nitrogens is 1. The molecule has 2 aliphatic heterocycles. The number of Topliss-reactive ketones (excluding diaryl/α,β-unsaturated/α-hetero) is 1. The number of fused-ring (bicyclic) bond motifs is 17. The highest BCUT2D eigenvalue weighted by Crippen LogP contribution is 2.23. The van der Waals surface area contributed by atoms with Crippen molar-refractivity contribution in [3.8, 4) is 16.9 Å². The standard InChI is InChI=1S/C51H50FN5O8/c52-41-13-6-4-11-36(41)27-43-46(58)29-37(49(62)53-24-8-15-48(60)61)25-32-18-22-39(23-19-32)65-31-47(59)55-45(28-38-30-54-42-14-7-5-12-40(38)42)51(64)57-44(50(63)56-43)26-33-16-20-35(21-17-33)34-9-2-1-3-10-34/h1-7,9-14,16-23,30,37,43-45,54H,8,15,24-29,31H2,(H,53,62)(H,55,59)(H,56,63)(H,57,64)(H,60,61)/t37-,43-,44+,45-/m0/s1. The lowest BCUT2D eigenvalue weighted by atomic mass is 9.89. The highest BCUT2D eigenvalue weighted by atomic mass is 19.1. The van der Waals surface area contributed by atoms with E-state index in [1.165, 1.54) is 18.2 Å². The maximum atomic E-state index is 15.3. The van der Waals surface area contributed by atoms with Crippen molar-refractivity contribution in [1.82, 2.24) is 26.3 Å². The first-order chi connectivity index (χ1) is 31.5. The van der Waals surface area contributed by atoms with Gasteiger partial charge in [0.1, 0.15) is 23.7 Å². The Labute approximate surface area is 375 Å². The Balaban J connectivity index is 1.24. The van der Waals surface area contributed by atoms with Crippen molar-refractivity contribution in [2.45, 2.75) is 63.1 Å². The number of halogens is 1. The Bertz CT molecular complexity index is 2630. The van der Waals surface area contributed by atoms with E-state index in [-0.39, 0.29) is 57.1 Å². The van der Waals surface area contributed by atoms with Gasteiger partial charge in [0.25, 0.3) is 5.91 Å². The summed E-state index contributed by atoms with van der Waals surface area (Å²) in [7, 11) is 0. The summed E-state index contributed by atoms with van der Waals surface area (Å²) in [4.78, 5) is 85.4. The van der Waals surface area contributed by atoms with Gasteiger partial charge in [-0.3, -0.25) is 28.8 Å². The molecule has 2 aliphatic rings. The maximum absolute atomic E-state index is 15.3. The molecule has 14 heteroatoms. The molecule has 3 heterocycles. The molecule has 5 aromatic carbocycles. The van der Waals surface area contributed by atoms with Crippen LogP contribution < -0.4 is 26.0 Å². The Hall–Kier alpha value is -7.61. The Morgan fingerprint density at radius 1 is 0.677 bits per heavy atom. The number of nitrogens with one attached hydrogen (secondary N) is 5. The zero-order valence-corrected chi connectivity index (χ0v) is 35.6. The van der Waals surface area contributed by atoms with E-state index in [1.807, 2.05) is 78.9 Å².